The number of benzene rings is 1. The number of carboxylic acid groups (broad SMARTS) is 1. The fourth-order valence-electron chi connectivity index (χ4n) is 2.03. The van der Waals surface area contributed by atoms with Crippen molar-refractivity contribution in [3.05, 3.63) is 23.8 Å². The second-order valence-electron chi connectivity index (χ2n) is 4.43. The van der Waals surface area contributed by atoms with Crippen molar-refractivity contribution in [2.45, 2.75) is 32.1 Å². The molecule has 0 aromatic heterocycles. The number of aliphatic carboxylic acids is 1. The van der Waals surface area contributed by atoms with Gasteiger partial charge < -0.3 is 14.6 Å². The van der Waals surface area contributed by atoms with Crippen LogP contribution in [0.25, 0.3) is 0 Å². The highest BCUT2D eigenvalue weighted by atomic mass is 16.6. The van der Waals surface area contributed by atoms with E-state index in [0.717, 1.165) is 37.2 Å². The third-order valence-electron chi connectivity index (χ3n) is 2.96. The summed E-state index contributed by atoms with van der Waals surface area (Å²) in [7, 11) is 0. The molecular weight excluding hydrogens is 232 g/mol. The Bertz CT molecular complexity index is 414. The Morgan fingerprint density at radius 3 is 2.67 bits per heavy atom. The maximum Gasteiger partial charge on any atom is 0.303 e. The Morgan fingerprint density at radius 2 is 1.89 bits per heavy atom. The lowest BCUT2D eigenvalue weighted by Crippen LogP contribution is -2.15. The van der Waals surface area contributed by atoms with Gasteiger partial charge in [0, 0.05) is 6.42 Å². The summed E-state index contributed by atoms with van der Waals surface area (Å²) in [6.45, 7) is 1.22. The fourth-order valence-corrected chi connectivity index (χ4v) is 2.03. The maximum atomic E-state index is 10.4. The minimum absolute atomic E-state index is 0.265. The van der Waals surface area contributed by atoms with Gasteiger partial charge in [-0.1, -0.05) is 12.5 Å². The quantitative estimate of drug-likeness (QED) is 0.788. The number of unbranched alkanes of at least 4 members (excludes halogenated alkanes) is 2. The standard InChI is InChI=1S/C14H18O4/c15-14(16)5-3-1-2-4-11-6-7-12-13(10-11)18-9-8-17-12/h6-7,10H,1-5,8-9H2,(H,15,16). The van der Waals surface area contributed by atoms with E-state index in [1.165, 1.54) is 5.56 Å². The first-order valence-corrected chi connectivity index (χ1v) is 6.36. The number of carbonyl (C=O) groups is 1. The summed E-state index contributed by atoms with van der Waals surface area (Å²) in [6, 6.07) is 6.01. The second kappa shape index (κ2) is 6.28. The van der Waals surface area contributed by atoms with Crippen molar-refractivity contribution in [1.29, 1.82) is 0 Å². The molecule has 1 aromatic carbocycles. The van der Waals surface area contributed by atoms with E-state index in [1.54, 1.807) is 0 Å². The molecule has 18 heavy (non-hydrogen) atoms. The zero-order chi connectivity index (χ0) is 12.8. The molecule has 0 amide bonds. The van der Waals surface area contributed by atoms with Crippen molar-refractivity contribution in [2.24, 2.45) is 0 Å². The molecule has 0 saturated heterocycles. The molecule has 1 aliphatic heterocycles. The lowest BCUT2D eigenvalue weighted by Gasteiger charge is -2.18. The van der Waals surface area contributed by atoms with Crippen molar-refractivity contribution in [3.8, 4) is 11.5 Å². The van der Waals surface area contributed by atoms with Gasteiger partial charge in [-0.25, -0.2) is 0 Å². The highest BCUT2D eigenvalue weighted by Gasteiger charge is 2.11. The van der Waals surface area contributed by atoms with Gasteiger partial charge in [-0.3, -0.25) is 4.79 Å². The maximum absolute atomic E-state index is 10.4. The van der Waals surface area contributed by atoms with Crippen molar-refractivity contribution in [2.75, 3.05) is 13.2 Å². The van der Waals surface area contributed by atoms with E-state index in [9.17, 15) is 4.79 Å². The number of rotatable bonds is 6. The Labute approximate surface area is 107 Å². The lowest BCUT2D eigenvalue weighted by atomic mass is 10.1. The molecule has 0 spiro atoms. The summed E-state index contributed by atoms with van der Waals surface area (Å²) in [4.78, 5) is 10.4. The van der Waals surface area contributed by atoms with Gasteiger partial charge in [-0.2, -0.15) is 0 Å². The first-order valence-electron chi connectivity index (χ1n) is 6.36. The normalized spacial score (nSPS) is 13.3. The van der Waals surface area contributed by atoms with Crippen molar-refractivity contribution in [3.63, 3.8) is 0 Å². The van der Waals surface area contributed by atoms with Gasteiger partial charge in [-0.05, 0) is 37.0 Å². The predicted octanol–water partition coefficient (Wildman–Crippen LogP) is 2.65. The molecule has 4 nitrogen and oxygen atoms in total. The summed E-state index contributed by atoms with van der Waals surface area (Å²) < 4.78 is 11.0. The molecule has 0 bridgehead atoms. The number of hydrogen-bond acceptors (Lipinski definition) is 3. The molecule has 1 heterocycles. The number of ether oxygens (including phenoxy) is 2. The van der Waals surface area contributed by atoms with Crippen molar-refractivity contribution >= 4 is 5.97 Å². The van der Waals surface area contributed by atoms with E-state index in [-0.39, 0.29) is 6.42 Å². The van der Waals surface area contributed by atoms with Crippen LogP contribution in [0.1, 0.15) is 31.2 Å². The van der Waals surface area contributed by atoms with E-state index in [4.69, 9.17) is 14.6 Å². The minimum atomic E-state index is -0.714. The van der Waals surface area contributed by atoms with Crippen LogP contribution in [0, 0.1) is 0 Å². The Morgan fingerprint density at radius 1 is 1.11 bits per heavy atom. The van der Waals surface area contributed by atoms with Gasteiger partial charge in [0.1, 0.15) is 13.2 Å². The zero-order valence-corrected chi connectivity index (χ0v) is 10.4. The lowest BCUT2D eigenvalue weighted by molar-refractivity contribution is -0.137. The van der Waals surface area contributed by atoms with Crippen LogP contribution < -0.4 is 9.47 Å². The molecule has 1 aromatic rings. The van der Waals surface area contributed by atoms with E-state index >= 15 is 0 Å². The molecule has 0 atom stereocenters. The number of hydrogen-bond donors (Lipinski definition) is 1. The van der Waals surface area contributed by atoms with Crippen LogP contribution in [0.15, 0.2) is 18.2 Å². The Balaban J connectivity index is 1.77. The third kappa shape index (κ3) is 3.65. The van der Waals surface area contributed by atoms with Crippen LogP contribution >= 0.6 is 0 Å². The summed E-state index contributed by atoms with van der Waals surface area (Å²) in [6.07, 6.45) is 3.92. The zero-order valence-electron chi connectivity index (χ0n) is 10.4. The third-order valence-corrected chi connectivity index (χ3v) is 2.96. The number of carboxylic acids is 1. The molecule has 0 saturated carbocycles. The van der Waals surface area contributed by atoms with E-state index < -0.39 is 5.97 Å². The van der Waals surface area contributed by atoms with Crippen LogP contribution in [0.5, 0.6) is 11.5 Å². The largest absolute Gasteiger partial charge is 0.486 e. The monoisotopic (exact) mass is 250 g/mol. The van der Waals surface area contributed by atoms with Gasteiger partial charge >= 0.3 is 5.97 Å². The average molecular weight is 250 g/mol. The molecule has 4 heteroatoms. The topological polar surface area (TPSA) is 55.8 Å². The van der Waals surface area contributed by atoms with Gasteiger partial charge in [0.2, 0.25) is 0 Å². The SMILES string of the molecule is O=C(O)CCCCCc1ccc2c(c1)OCCO2. The van der Waals surface area contributed by atoms with Gasteiger partial charge in [0.05, 0.1) is 0 Å². The summed E-state index contributed by atoms with van der Waals surface area (Å²) in [5, 5.41) is 8.53. The van der Waals surface area contributed by atoms with Gasteiger partial charge in [0.15, 0.2) is 11.5 Å². The molecule has 98 valence electrons. The van der Waals surface area contributed by atoms with E-state index in [2.05, 4.69) is 0 Å². The Kier molecular flexibility index (Phi) is 4.45. The van der Waals surface area contributed by atoms with Crippen molar-refractivity contribution < 1.29 is 19.4 Å². The molecular formula is C14H18O4. The molecule has 0 radical (unpaired) electrons. The molecule has 1 aliphatic rings. The number of fused-ring (bicyclic) bond motifs is 1. The van der Waals surface area contributed by atoms with E-state index in [0.29, 0.717) is 13.2 Å². The fraction of sp³-hybridized carbons (Fsp3) is 0.500. The Hall–Kier alpha value is -1.71. The van der Waals surface area contributed by atoms with Gasteiger partial charge in [0.25, 0.3) is 0 Å². The molecule has 0 aliphatic carbocycles. The second-order valence-corrected chi connectivity index (χ2v) is 4.43. The van der Waals surface area contributed by atoms with Crippen molar-refractivity contribution in [1.82, 2.24) is 0 Å². The molecule has 1 N–H and O–H groups in total. The van der Waals surface area contributed by atoms with Crippen LogP contribution in [0.3, 0.4) is 0 Å². The predicted molar refractivity (Wildman–Crippen MR) is 67.2 cm³/mol. The average Bonchev–Trinajstić information content (AvgIpc) is 2.38. The van der Waals surface area contributed by atoms with Crippen LogP contribution in [0.4, 0.5) is 0 Å². The summed E-state index contributed by atoms with van der Waals surface area (Å²) in [5.41, 5.74) is 1.22. The molecule has 2 rings (SSSR count). The first-order chi connectivity index (χ1) is 8.75. The highest BCUT2D eigenvalue weighted by molar-refractivity contribution is 5.66. The summed E-state index contributed by atoms with van der Waals surface area (Å²) >= 11 is 0. The van der Waals surface area contributed by atoms with Crippen LogP contribution in [0.2, 0.25) is 0 Å². The van der Waals surface area contributed by atoms with E-state index in [1.807, 2.05) is 18.2 Å². The van der Waals surface area contributed by atoms with Crippen LogP contribution in [-0.4, -0.2) is 24.3 Å². The van der Waals surface area contributed by atoms with Gasteiger partial charge in [-0.15, -0.1) is 0 Å². The minimum Gasteiger partial charge on any atom is -0.486 e. The molecule has 0 fully saturated rings. The smallest absolute Gasteiger partial charge is 0.303 e. The number of aryl methyl sites for hydroxylation is 1. The van der Waals surface area contributed by atoms with Crippen LogP contribution in [-0.2, 0) is 11.2 Å². The highest BCUT2D eigenvalue weighted by Crippen LogP contribution is 2.31. The summed E-state index contributed by atoms with van der Waals surface area (Å²) in [5.74, 6) is 0.925. The molecule has 0 unspecified atom stereocenters. The first kappa shape index (κ1) is 12.7.